The van der Waals surface area contributed by atoms with Crippen LogP contribution in [-0.4, -0.2) is 24.8 Å². The Morgan fingerprint density at radius 1 is 1.33 bits per heavy atom. The molecule has 0 spiro atoms. The molecule has 0 bridgehead atoms. The van der Waals surface area contributed by atoms with Crippen LogP contribution in [0, 0.1) is 5.92 Å². The van der Waals surface area contributed by atoms with E-state index < -0.39 is 0 Å². The van der Waals surface area contributed by atoms with Gasteiger partial charge in [0, 0.05) is 12.6 Å². The molecule has 0 aromatic heterocycles. The highest BCUT2D eigenvalue weighted by Crippen LogP contribution is 2.20. The molecule has 2 heteroatoms. The standard InChI is InChI=1S/C13H27NO/c1-5-7-13-12(6-2)14-9-11(15-13)8-10(3)4/h10-14H,5-9H2,1-4H3. The molecule has 15 heavy (non-hydrogen) atoms. The highest BCUT2D eigenvalue weighted by atomic mass is 16.5. The number of morpholine rings is 1. The van der Waals surface area contributed by atoms with E-state index in [9.17, 15) is 0 Å². The normalized spacial score (nSPS) is 32.2. The van der Waals surface area contributed by atoms with Gasteiger partial charge in [-0.25, -0.2) is 0 Å². The molecular formula is C13H27NO. The van der Waals surface area contributed by atoms with Gasteiger partial charge in [-0.05, 0) is 25.2 Å². The Morgan fingerprint density at radius 2 is 2.07 bits per heavy atom. The summed E-state index contributed by atoms with van der Waals surface area (Å²) < 4.78 is 6.18. The maximum atomic E-state index is 6.18. The predicted molar refractivity (Wildman–Crippen MR) is 65.1 cm³/mol. The molecule has 1 saturated heterocycles. The van der Waals surface area contributed by atoms with Crippen molar-refractivity contribution in [1.29, 1.82) is 0 Å². The monoisotopic (exact) mass is 213 g/mol. The molecular weight excluding hydrogens is 186 g/mol. The summed E-state index contributed by atoms with van der Waals surface area (Å²) >= 11 is 0. The lowest BCUT2D eigenvalue weighted by Gasteiger charge is -2.38. The zero-order chi connectivity index (χ0) is 11.3. The molecule has 1 N–H and O–H groups in total. The number of ether oxygens (including phenoxy) is 1. The third kappa shape index (κ3) is 4.12. The minimum absolute atomic E-state index is 0.435. The zero-order valence-corrected chi connectivity index (χ0v) is 10.8. The van der Waals surface area contributed by atoms with Crippen molar-refractivity contribution in [3.05, 3.63) is 0 Å². The van der Waals surface area contributed by atoms with Crippen molar-refractivity contribution in [3.63, 3.8) is 0 Å². The van der Waals surface area contributed by atoms with Crippen molar-refractivity contribution in [2.75, 3.05) is 6.54 Å². The average Bonchev–Trinajstić information content (AvgIpc) is 2.18. The predicted octanol–water partition coefficient (Wildman–Crippen LogP) is 2.97. The van der Waals surface area contributed by atoms with E-state index in [1.165, 1.54) is 25.7 Å². The molecule has 1 fully saturated rings. The third-order valence-electron chi connectivity index (χ3n) is 3.17. The van der Waals surface area contributed by atoms with Gasteiger partial charge < -0.3 is 10.1 Å². The molecule has 1 heterocycles. The maximum absolute atomic E-state index is 6.18. The van der Waals surface area contributed by atoms with Crippen LogP contribution in [-0.2, 0) is 4.74 Å². The van der Waals surface area contributed by atoms with E-state index in [1.54, 1.807) is 0 Å². The summed E-state index contributed by atoms with van der Waals surface area (Å²) in [5.41, 5.74) is 0. The van der Waals surface area contributed by atoms with Crippen molar-refractivity contribution < 1.29 is 4.74 Å². The number of hydrogen-bond acceptors (Lipinski definition) is 2. The minimum atomic E-state index is 0.435. The zero-order valence-electron chi connectivity index (χ0n) is 10.8. The van der Waals surface area contributed by atoms with Crippen molar-refractivity contribution in [2.24, 2.45) is 5.92 Å². The Morgan fingerprint density at radius 3 is 2.60 bits per heavy atom. The van der Waals surface area contributed by atoms with E-state index in [2.05, 4.69) is 33.0 Å². The molecule has 3 atom stereocenters. The van der Waals surface area contributed by atoms with E-state index in [4.69, 9.17) is 4.74 Å². The third-order valence-corrected chi connectivity index (χ3v) is 3.17. The molecule has 0 saturated carbocycles. The van der Waals surface area contributed by atoms with Gasteiger partial charge in [0.1, 0.15) is 0 Å². The lowest BCUT2D eigenvalue weighted by Crippen LogP contribution is -2.52. The second-order valence-corrected chi connectivity index (χ2v) is 5.14. The smallest absolute Gasteiger partial charge is 0.0732 e. The van der Waals surface area contributed by atoms with Crippen LogP contribution in [0.2, 0.25) is 0 Å². The van der Waals surface area contributed by atoms with Gasteiger partial charge in [-0.1, -0.05) is 34.1 Å². The Balaban J connectivity index is 2.42. The van der Waals surface area contributed by atoms with Crippen LogP contribution >= 0.6 is 0 Å². The molecule has 1 rings (SSSR count). The van der Waals surface area contributed by atoms with E-state index in [0.717, 1.165) is 12.5 Å². The van der Waals surface area contributed by atoms with Crippen LogP contribution in [0.5, 0.6) is 0 Å². The highest BCUT2D eigenvalue weighted by molar-refractivity contribution is 4.83. The molecule has 0 aromatic rings. The molecule has 3 unspecified atom stereocenters. The Hall–Kier alpha value is -0.0800. The van der Waals surface area contributed by atoms with Gasteiger partial charge in [0.25, 0.3) is 0 Å². The number of hydrogen-bond donors (Lipinski definition) is 1. The molecule has 90 valence electrons. The van der Waals surface area contributed by atoms with Gasteiger partial charge in [-0.15, -0.1) is 0 Å². The van der Waals surface area contributed by atoms with Crippen LogP contribution in [0.25, 0.3) is 0 Å². The van der Waals surface area contributed by atoms with E-state index >= 15 is 0 Å². The van der Waals surface area contributed by atoms with Gasteiger partial charge in [0.15, 0.2) is 0 Å². The number of nitrogens with one attached hydrogen (secondary N) is 1. The fourth-order valence-corrected chi connectivity index (χ4v) is 2.43. The van der Waals surface area contributed by atoms with Crippen LogP contribution in [0.3, 0.4) is 0 Å². The molecule has 1 aliphatic rings. The summed E-state index contributed by atoms with van der Waals surface area (Å²) in [5, 5.41) is 3.63. The first-order valence-electron chi connectivity index (χ1n) is 6.56. The van der Waals surface area contributed by atoms with Crippen molar-refractivity contribution in [1.82, 2.24) is 5.32 Å². The largest absolute Gasteiger partial charge is 0.372 e. The molecule has 0 aromatic carbocycles. The van der Waals surface area contributed by atoms with Crippen molar-refractivity contribution in [2.45, 2.75) is 71.6 Å². The van der Waals surface area contributed by atoms with Crippen molar-refractivity contribution in [3.8, 4) is 0 Å². The summed E-state index contributed by atoms with van der Waals surface area (Å²) in [7, 11) is 0. The first-order valence-corrected chi connectivity index (χ1v) is 6.56. The fraction of sp³-hybridized carbons (Fsp3) is 1.00. The lowest BCUT2D eigenvalue weighted by molar-refractivity contribution is -0.0741. The van der Waals surface area contributed by atoms with Gasteiger partial charge >= 0.3 is 0 Å². The van der Waals surface area contributed by atoms with Gasteiger partial charge in [-0.2, -0.15) is 0 Å². The summed E-state index contributed by atoms with van der Waals surface area (Å²) in [6.45, 7) is 10.1. The van der Waals surface area contributed by atoms with Crippen molar-refractivity contribution >= 4 is 0 Å². The Kier molecular flexibility index (Phi) is 5.62. The fourth-order valence-electron chi connectivity index (χ4n) is 2.43. The molecule has 0 aliphatic carbocycles. The topological polar surface area (TPSA) is 21.3 Å². The minimum Gasteiger partial charge on any atom is -0.372 e. The highest BCUT2D eigenvalue weighted by Gasteiger charge is 2.28. The quantitative estimate of drug-likeness (QED) is 0.758. The van der Waals surface area contributed by atoms with Gasteiger partial charge in [-0.3, -0.25) is 0 Å². The van der Waals surface area contributed by atoms with E-state index in [1.807, 2.05) is 0 Å². The summed E-state index contributed by atoms with van der Waals surface area (Å²) in [5.74, 6) is 0.734. The van der Waals surface area contributed by atoms with E-state index in [0.29, 0.717) is 18.2 Å². The second kappa shape index (κ2) is 6.49. The molecule has 0 radical (unpaired) electrons. The second-order valence-electron chi connectivity index (χ2n) is 5.14. The average molecular weight is 213 g/mol. The summed E-state index contributed by atoms with van der Waals surface area (Å²) in [6.07, 6.45) is 5.65. The molecule has 2 nitrogen and oxygen atoms in total. The SMILES string of the molecule is CCCC1OC(CC(C)C)CNC1CC. The maximum Gasteiger partial charge on any atom is 0.0732 e. The van der Waals surface area contributed by atoms with Crippen LogP contribution < -0.4 is 5.32 Å². The summed E-state index contributed by atoms with van der Waals surface area (Å²) in [4.78, 5) is 0. The van der Waals surface area contributed by atoms with Gasteiger partial charge in [0.2, 0.25) is 0 Å². The summed E-state index contributed by atoms with van der Waals surface area (Å²) in [6, 6.07) is 0.577. The molecule has 0 amide bonds. The number of rotatable bonds is 5. The first-order chi connectivity index (χ1) is 7.17. The van der Waals surface area contributed by atoms with Crippen LogP contribution in [0.4, 0.5) is 0 Å². The molecule has 1 aliphatic heterocycles. The van der Waals surface area contributed by atoms with Gasteiger partial charge in [0.05, 0.1) is 12.2 Å². The first kappa shape index (κ1) is 13.0. The van der Waals surface area contributed by atoms with Crippen LogP contribution in [0.1, 0.15) is 53.4 Å². The van der Waals surface area contributed by atoms with E-state index in [-0.39, 0.29) is 0 Å². The Bertz CT molecular complexity index is 170. The Labute approximate surface area is 94.8 Å². The van der Waals surface area contributed by atoms with Crippen LogP contribution in [0.15, 0.2) is 0 Å². The lowest BCUT2D eigenvalue weighted by atomic mass is 9.98.